The van der Waals surface area contributed by atoms with Gasteiger partial charge in [0, 0.05) is 43.1 Å². The average Bonchev–Trinajstić information content (AvgIpc) is 3.06. The molecule has 2 atom stereocenters. The lowest BCUT2D eigenvalue weighted by Crippen LogP contribution is -2.57. The van der Waals surface area contributed by atoms with Crippen LogP contribution in [-0.4, -0.2) is 49.1 Å². The third kappa shape index (κ3) is 4.56. The van der Waals surface area contributed by atoms with Crippen molar-refractivity contribution < 1.29 is 9.53 Å². The smallest absolute Gasteiger partial charge is 0.228 e. The fourth-order valence-corrected chi connectivity index (χ4v) is 4.50. The number of nitrogens with one attached hydrogen (secondary N) is 1. The molecule has 0 saturated carbocycles. The molecule has 1 unspecified atom stereocenters. The van der Waals surface area contributed by atoms with Gasteiger partial charge in [0.05, 0.1) is 13.0 Å². The highest BCUT2D eigenvalue weighted by Gasteiger charge is 2.29. The summed E-state index contributed by atoms with van der Waals surface area (Å²) in [6.07, 6.45) is 1.44. The number of ether oxygens (including phenoxy) is 1. The number of carbonyl (C=O) groups is 1. The minimum absolute atomic E-state index is 0.0601. The fourth-order valence-electron chi connectivity index (χ4n) is 4.50. The summed E-state index contributed by atoms with van der Waals surface area (Å²) < 4.78 is 5.95. The maximum atomic E-state index is 11.5. The van der Waals surface area contributed by atoms with Crippen molar-refractivity contribution in [1.29, 1.82) is 0 Å². The van der Waals surface area contributed by atoms with E-state index >= 15 is 0 Å². The molecule has 1 amide bonds. The molecule has 5 nitrogen and oxygen atoms in total. The van der Waals surface area contributed by atoms with Crippen LogP contribution in [0.1, 0.15) is 31.4 Å². The van der Waals surface area contributed by atoms with Gasteiger partial charge < -0.3 is 15.0 Å². The van der Waals surface area contributed by atoms with E-state index in [1.165, 1.54) is 11.3 Å². The summed E-state index contributed by atoms with van der Waals surface area (Å²) >= 11 is 0. The molecule has 5 heteroatoms. The molecule has 0 spiro atoms. The Hall–Kier alpha value is -2.53. The summed E-state index contributed by atoms with van der Waals surface area (Å²) in [6.45, 7) is 10.6. The monoisotopic (exact) mass is 393 g/mol. The fraction of sp³-hybridized carbons (Fsp3) is 0.458. The number of aryl methyl sites for hydroxylation is 1. The number of fused-ring (bicyclic) bond motifs is 1. The van der Waals surface area contributed by atoms with E-state index in [-0.39, 0.29) is 5.91 Å². The van der Waals surface area contributed by atoms with E-state index in [2.05, 4.69) is 60.2 Å². The lowest BCUT2D eigenvalue weighted by atomic mass is 10.1. The zero-order valence-electron chi connectivity index (χ0n) is 17.6. The molecule has 154 valence electrons. The highest BCUT2D eigenvalue weighted by molar-refractivity contribution is 5.99. The van der Waals surface area contributed by atoms with Gasteiger partial charge in [-0.2, -0.15) is 0 Å². The van der Waals surface area contributed by atoms with Crippen molar-refractivity contribution in [2.45, 2.75) is 45.7 Å². The molecule has 2 aliphatic rings. The zero-order chi connectivity index (χ0) is 20.4. The molecule has 1 N–H and O–H groups in total. The van der Waals surface area contributed by atoms with Crippen LogP contribution >= 0.6 is 0 Å². The topological polar surface area (TPSA) is 44.8 Å². The molecule has 0 aliphatic carbocycles. The third-order valence-corrected chi connectivity index (χ3v) is 6.03. The Morgan fingerprint density at radius 3 is 2.52 bits per heavy atom. The molecule has 2 aromatic rings. The van der Waals surface area contributed by atoms with E-state index in [0.29, 0.717) is 25.1 Å². The highest BCUT2D eigenvalue weighted by Crippen LogP contribution is 2.27. The van der Waals surface area contributed by atoms with Crippen LogP contribution in [0, 0.1) is 6.92 Å². The summed E-state index contributed by atoms with van der Waals surface area (Å²) in [5.41, 5.74) is 4.57. The molecule has 2 aliphatic heterocycles. The first-order valence-electron chi connectivity index (χ1n) is 10.6. The minimum atomic E-state index is 0.0601. The van der Waals surface area contributed by atoms with Gasteiger partial charge >= 0.3 is 0 Å². The first-order chi connectivity index (χ1) is 14.0. The molecule has 0 radical (unpaired) electrons. The number of piperazine rings is 1. The van der Waals surface area contributed by atoms with Gasteiger partial charge in [0.25, 0.3) is 0 Å². The standard InChI is InChI=1S/C24H31N3O2/c1-17-5-7-21(8-6-17)26-15-18(2)27(19(3)16-26)11-4-12-29-22-9-10-23-20(13-22)14-24(28)25-23/h5-10,13,18-19H,4,11-12,14-16H2,1-3H3,(H,25,28)/t18-,19?/m0/s1. The minimum Gasteiger partial charge on any atom is -0.494 e. The average molecular weight is 394 g/mol. The Kier molecular flexibility index (Phi) is 5.76. The molecule has 2 aromatic carbocycles. The summed E-state index contributed by atoms with van der Waals surface area (Å²) in [5.74, 6) is 0.912. The Bertz CT molecular complexity index is 853. The lowest BCUT2D eigenvalue weighted by molar-refractivity contribution is -0.115. The van der Waals surface area contributed by atoms with E-state index in [9.17, 15) is 4.79 Å². The highest BCUT2D eigenvalue weighted by atomic mass is 16.5. The predicted molar refractivity (Wildman–Crippen MR) is 118 cm³/mol. The Balaban J connectivity index is 1.25. The number of hydrogen-bond acceptors (Lipinski definition) is 4. The van der Waals surface area contributed by atoms with E-state index in [4.69, 9.17) is 4.74 Å². The van der Waals surface area contributed by atoms with Gasteiger partial charge in [-0.15, -0.1) is 0 Å². The molecule has 0 bridgehead atoms. The molecular formula is C24H31N3O2. The van der Waals surface area contributed by atoms with Crippen LogP contribution in [0.4, 0.5) is 11.4 Å². The summed E-state index contributed by atoms with van der Waals surface area (Å²) in [7, 11) is 0. The second-order valence-electron chi connectivity index (χ2n) is 8.42. The van der Waals surface area contributed by atoms with Crippen molar-refractivity contribution in [2.75, 3.05) is 36.5 Å². The number of rotatable bonds is 6. The number of carbonyl (C=O) groups excluding carboxylic acids is 1. The van der Waals surface area contributed by atoms with Crippen molar-refractivity contribution in [2.24, 2.45) is 0 Å². The maximum Gasteiger partial charge on any atom is 0.228 e. The van der Waals surface area contributed by atoms with Crippen LogP contribution in [0.15, 0.2) is 42.5 Å². The maximum absolute atomic E-state index is 11.5. The molecule has 2 heterocycles. The van der Waals surface area contributed by atoms with Crippen LogP contribution in [0.3, 0.4) is 0 Å². The van der Waals surface area contributed by atoms with Gasteiger partial charge in [-0.1, -0.05) is 17.7 Å². The van der Waals surface area contributed by atoms with E-state index in [1.807, 2.05) is 18.2 Å². The van der Waals surface area contributed by atoms with Crippen molar-refractivity contribution in [3.63, 3.8) is 0 Å². The van der Waals surface area contributed by atoms with Gasteiger partial charge in [0.15, 0.2) is 0 Å². The van der Waals surface area contributed by atoms with Crippen LogP contribution in [0.2, 0.25) is 0 Å². The van der Waals surface area contributed by atoms with Crippen molar-refractivity contribution in [3.05, 3.63) is 53.6 Å². The van der Waals surface area contributed by atoms with Gasteiger partial charge in [-0.3, -0.25) is 9.69 Å². The molecular weight excluding hydrogens is 362 g/mol. The van der Waals surface area contributed by atoms with Crippen molar-refractivity contribution in [1.82, 2.24) is 4.90 Å². The third-order valence-electron chi connectivity index (χ3n) is 6.03. The number of nitrogens with zero attached hydrogens (tertiary/aromatic N) is 2. The normalized spacial score (nSPS) is 21.8. The summed E-state index contributed by atoms with van der Waals surface area (Å²) in [4.78, 5) is 16.6. The van der Waals surface area contributed by atoms with E-state index in [1.54, 1.807) is 0 Å². The summed E-state index contributed by atoms with van der Waals surface area (Å²) in [5, 5.41) is 2.86. The number of anilines is 2. The van der Waals surface area contributed by atoms with E-state index < -0.39 is 0 Å². The molecule has 1 fully saturated rings. The van der Waals surface area contributed by atoms with E-state index in [0.717, 1.165) is 43.1 Å². The summed E-state index contributed by atoms with van der Waals surface area (Å²) in [6, 6.07) is 15.7. The second-order valence-corrected chi connectivity index (χ2v) is 8.42. The predicted octanol–water partition coefficient (Wildman–Crippen LogP) is 3.86. The first-order valence-corrected chi connectivity index (χ1v) is 10.6. The van der Waals surface area contributed by atoms with Gasteiger partial charge in [0.1, 0.15) is 5.75 Å². The van der Waals surface area contributed by atoms with Gasteiger partial charge in [0.2, 0.25) is 5.91 Å². The molecule has 29 heavy (non-hydrogen) atoms. The SMILES string of the molecule is Cc1ccc(N2CC(C)N(CCCOc3ccc4c(c3)CC(=O)N4)[C@@H](C)C2)cc1. The Morgan fingerprint density at radius 2 is 1.79 bits per heavy atom. The van der Waals surface area contributed by atoms with Crippen molar-refractivity contribution >= 4 is 17.3 Å². The second kappa shape index (κ2) is 8.46. The first kappa shape index (κ1) is 19.8. The zero-order valence-corrected chi connectivity index (χ0v) is 17.6. The Labute approximate surface area is 173 Å². The lowest BCUT2D eigenvalue weighted by Gasteiger charge is -2.45. The quantitative estimate of drug-likeness (QED) is 0.757. The van der Waals surface area contributed by atoms with Gasteiger partial charge in [-0.25, -0.2) is 0 Å². The number of hydrogen-bond donors (Lipinski definition) is 1. The molecule has 0 aromatic heterocycles. The van der Waals surface area contributed by atoms with Crippen LogP contribution in [0.5, 0.6) is 5.75 Å². The van der Waals surface area contributed by atoms with Gasteiger partial charge in [-0.05, 0) is 63.1 Å². The van der Waals surface area contributed by atoms with Crippen LogP contribution in [-0.2, 0) is 11.2 Å². The number of benzene rings is 2. The molecule has 1 saturated heterocycles. The Morgan fingerprint density at radius 1 is 1.07 bits per heavy atom. The largest absolute Gasteiger partial charge is 0.494 e. The number of amides is 1. The van der Waals surface area contributed by atoms with Crippen LogP contribution < -0.4 is 15.0 Å². The van der Waals surface area contributed by atoms with Crippen molar-refractivity contribution in [3.8, 4) is 5.75 Å². The van der Waals surface area contributed by atoms with Crippen LogP contribution in [0.25, 0.3) is 0 Å². The molecule has 4 rings (SSSR count).